The third kappa shape index (κ3) is 3.04. The van der Waals surface area contributed by atoms with Crippen molar-refractivity contribution in [1.82, 2.24) is 25.5 Å². The van der Waals surface area contributed by atoms with Gasteiger partial charge < -0.3 is 15.6 Å². The summed E-state index contributed by atoms with van der Waals surface area (Å²) < 4.78 is 0. The lowest BCUT2D eigenvalue weighted by Gasteiger charge is -2.35. The molecule has 0 bridgehead atoms. The number of nitrogens with one attached hydrogen (secondary N) is 4. The highest BCUT2D eigenvalue weighted by molar-refractivity contribution is 6.35. The predicted molar refractivity (Wildman–Crippen MR) is 110 cm³/mol. The summed E-state index contributed by atoms with van der Waals surface area (Å²) in [5, 5.41) is 14.6. The molecule has 144 valence electrons. The fourth-order valence-corrected chi connectivity index (χ4v) is 3.61. The van der Waals surface area contributed by atoms with Crippen molar-refractivity contribution >= 4 is 34.7 Å². The highest BCUT2D eigenvalue weighted by Crippen LogP contribution is 2.39. The first-order chi connectivity index (χ1) is 13.5. The zero-order valence-electron chi connectivity index (χ0n) is 15.3. The Labute approximate surface area is 166 Å². The van der Waals surface area contributed by atoms with E-state index in [1.807, 2.05) is 31.2 Å². The smallest absolute Gasteiger partial charge is 0.191 e. The van der Waals surface area contributed by atoms with Crippen LogP contribution >= 0.6 is 11.6 Å². The third-order valence-electron chi connectivity index (χ3n) is 5.34. The number of aromatic nitrogens is 4. The highest BCUT2D eigenvalue weighted by atomic mass is 35.5. The molecule has 1 aliphatic carbocycles. The van der Waals surface area contributed by atoms with Crippen LogP contribution in [0, 0.1) is 0 Å². The molecular weight excluding hydrogens is 376 g/mol. The van der Waals surface area contributed by atoms with E-state index in [0.717, 1.165) is 28.4 Å². The van der Waals surface area contributed by atoms with E-state index in [1.54, 1.807) is 12.4 Å². The van der Waals surface area contributed by atoms with Crippen LogP contribution in [0.5, 0.6) is 0 Å². The van der Waals surface area contributed by atoms with Crippen molar-refractivity contribution in [2.75, 3.05) is 5.32 Å². The number of hydrogen-bond acceptors (Lipinski definition) is 6. The van der Waals surface area contributed by atoms with Crippen molar-refractivity contribution in [3.05, 3.63) is 52.7 Å². The van der Waals surface area contributed by atoms with E-state index in [-0.39, 0.29) is 5.92 Å². The van der Waals surface area contributed by atoms with Gasteiger partial charge in [0.05, 0.1) is 16.5 Å². The van der Waals surface area contributed by atoms with Crippen LogP contribution in [-0.4, -0.2) is 32.2 Å². The summed E-state index contributed by atoms with van der Waals surface area (Å²) in [5.74, 6) is 0.859. The number of nitrogens with two attached hydrogens (primary N) is 1. The number of aromatic amines is 2. The first kappa shape index (κ1) is 17.3. The summed E-state index contributed by atoms with van der Waals surface area (Å²) in [5.41, 5.74) is 10.2. The van der Waals surface area contributed by atoms with E-state index in [4.69, 9.17) is 17.3 Å². The lowest BCUT2D eigenvalue weighted by molar-refractivity contribution is 0.320. The van der Waals surface area contributed by atoms with Gasteiger partial charge in [0.2, 0.25) is 0 Å². The monoisotopic (exact) mass is 396 g/mol. The standard InChI is InChI=1S/C19H21ClN8/c1-10(13-4-5-14-18(24-13)12(20)9-22-14)19(21)23-7-6-16(26-19)25-17-8-15(27-28-17)11-2-3-11/h4-11,22,26H,2-3,21H2,1H3,(H2,25,27,28). The fourth-order valence-electron chi connectivity index (χ4n) is 3.41. The second-order valence-corrected chi connectivity index (χ2v) is 7.81. The van der Waals surface area contributed by atoms with Crippen molar-refractivity contribution in [3.63, 3.8) is 0 Å². The van der Waals surface area contributed by atoms with Crippen molar-refractivity contribution in [1.29, 1.82) is 0 Å². The molecule has 2 aliphatic rings. The molecule has 0 saturated heterocycles. The number of pyridine rings is 1. The van der Waals surface area contributed by atoms with E-state index >= 15 is 0 Å². The molecule has 1 saturated carbocycles. The predicted octanol–water partition coefficient (Wildman–Crippen LogP) is 3.16. The first-order valence-corrected chi connectivity index (χ1v) is 9.68. The average molecular weight is 397 g/mol. The van der Waals surface area contributed by atoms with Crippen LogP contribution in [0.4, 0.5) is 5.82 Å². The van der Waals surface area contributed by atoms with E-state index in [0.29, 0.717) is 10.9 Å². The van der Waals surface area contributed by atoms with E-state index in [2.05, 4.69) is 35.8 Å². The maximum absolute atomic E-state index is 6.60. The van der Waals surface area contributed by atoms with Gasteiger partial charge in [0.1, 0.15) is 11.3 Å². The molecule has 0 spiro atoms. The summed E-state index contributed by atoms with van der Waals surface area (Å²) in [7, 11) is 0. The number of rotatable bonds is 5. The van der Waals surface area contributed by atoms with E-state index in [1.165, 1.54) is 18.5 Å². The molecule has 5 rings (SSSR count). The molecular formula is C19H21ClN8. The summed E-state index contributed by atoms with van der Waals surface area (Å²) >= 11 is 6.21. The minimum absolute atomic E-state index is 0.203. The molecule has 8 nitrogen and oxygen atoms in total. The Hall–Kier alpha value is -2.84. The Morgan fingerprint density at radius 1 is 1.36 bits per heavy atom. The molecule has 3 aromatic heterocycles. The van der Waals surface area contributed by atoms with Crippen LogP contribution in [0.2, 0.25) is 5.02 Å². The van der Waals surface area contributed by atoms with Crippen LogP contribution in [0.25, 0.3) is 11.0 Å². The maximum Gasteiger partial charge on any atom is 0.191 e. The van der Waals surface area contributed by atoms with E-state index < -0.39 is 5.79 Å². The Morgan fingerprint density at radius 3 is 3.04 bits per heavy atom. The van der Waals surface area contributed by atoms with Gasteiger partial charge in [-0.2, -0.15) is 5.10 Å². The van der Waals surface area contributed by atoms with Crippen LogP contribution in [0.3, 0.4) is 0 Å². The minimum Gasteiger partial charge on any atom is -0.358 e. The molecule has 1 aliphatic heterocycles. The summed E-state index contributed by atoms with van der Waals surface area (Å²) in [6.45, 7) is 1.99. The summed E-state index contributed by atoms with van der Waals surface area (Å²) in [4.78, 5) is 12.3. The number of H-pyrrole nitrogens is 2. The topological polar surface area (TPSA) is 120 Å². The second-order valence-electron chi connectivity index (χ2n) is 7.41. The van der Waals surface area contributed by atoms with Gasteiger partial charge in [-0.25, -0.2) is 4.98 Å². The molecule has 4 heterocycles. The number of aliphatic imine (C=N–C) groups is 1. The number of allylic oxidation sites excluding steroid dienone is 1. The number of anilines is 1. The Kier molecular flexibility index (Phi) is 3.92. The Bertz CT molecular complexity index is 1090. The van der Waals surface area contributed by atoms with Crippen molar-refractivity contribution in [2.24, 2.45) is 10.7 Å². The molecule has 9 heteroatoms. The van der Waals surface area contributed by atoms with Crippen molar-refractivity contribution < 1.29 is 0 Å². The van der Waals surface area contributed by atoms with Gasteiger partial charge in [-0.05, 0) is 31.1 Å². The zero-order valence-corrected chi connectivity index (χ0v) is 16.1. The molecule has 1 fully saturated rings. The average Bonchev–Trinajstić information content (AvgIpc) is 3.34. The third-order valence-corrected chi connectivity index (χ3v) is 5.63. The van der Waals surface area contributed by atoms with Gasteiger partial charge in [0.25, 0.3) is 0 Å². The Balaban J connectivity index is 1.35. The largest absolute Gasteiger partial charge is 0.358 e. The lowest BCUT2D eigenvalue weighted by atomic mass is 9.98. The van der Waals surface area contributed by atoms with Gasteiger partial charge in [-0.1, -0.05) is 18.5 Å². The number of nitrogens with zero attached hydrogens (tertiary/aromatic N) is 3. The number of halogens is 1. The number of fused-ring (bicyclic) bond motifs is 1. The molecule has 6 N–H and O–H groups in total. The summed E-state index contributed by atoms with van der Waals surface area (Å²) in [6.07, 6.45) is 7.71. The number of hydrogen-bond donors (Lipinski definition) is 5. The van der Waals surface area contributed by atoms with Crippen LogP contribution in [-0.2, 0) is 0 Å². The SMILES string of the molecule is CC(c1ccc2[nH]cc(Cl)c2n1)C1(N)N=CC=C(Nc2cc(C3CC3)[nH]n2)N1. The van der Waals surface area contributed by atoms with Gasteiger partial charge >= 0.3 is 0 Å². The maximum atomic E-state index is 6.60. The molecule has 0 amide bonds. The molecule has 2 atom stereocenters. The van der Waals surface area contributed by atoms with Crippen molar-refractivity contribution in [2.45, 2.75) is 37.4 Å². The molecule has 28 heavy (non-hydrogen) atoms. The summed E-state index contributed by atoms with van der Waals surface area (Å²) in [6, 6.07) is 5.93. The van der Waals surface area contributed by atoms with Crippen LogP contribution in [0.1, 0.15) is 43.0 Å². The molecule has 3 aromatic rings. The molecule has 0 radical (unpaired) electrons. The minimum atomic E-state index is -1.05. The molecule has 0 aromatic carbocycles. The highest BCUT2D eigenvalue weighted by Gasteiger charge is 2.35. The van der Waals surface area contributed by atoms with Gasteiger partial charge in [-0.3, -0.25) is 15.8 Å². The molecule has 2 unspecified atom stereocenters. The first-order valence-electron chi connectivity index (χ1n) is 9.30. The van der Waals surface area contributed by atoms with Crippen molar-refractivity contribution in [3.8, 4) is 0 Å². The quantitative estimate of drug-likeness (QED) is 0.453. The zero-order chi connectivity index (χ0) is 19.3. The van der Waals surface area contributed by atoms with Gasteiger partial charge in [0, 0.05) is 35.8 Å². The normalized spacial score (nSPS) is 22.8. The van der Waals surface area contributed by atoms with Gasteiger partial charge in [0.15, 0.2) is 11.6 Å². The Morgan fingerprint density at radius 2 is 2.21 bits per heavy atom. The second kappa shape index (κ2) is 6.35. The fraction of sp³-hybridized carbons (Fsp3) is 0.316. The lowest BCUT2D eigenvalue weighted by Crippen LogP contribution is -2.57. The van der Waals surface area contributed by atoms with Gasteiger partial charge in [-0.15, -0.1) is 0 Å². The van der Waals surface area contributed by atoms with Crippen LogP contribution < -0.4 is 16.4 Å². The van der Waals surface area contributed by atoms with Crippen LogP contribution in [0.15, 0.2) is 41.3 Å². The van der Waals surface area contributed by atoms with E-state index in [9.17, 15) is 0 Å².